The summed E-state index contributed by atoms with van der Waals surface area (Å²) >= 11 is 0. The third-order valence-corrected chi connectivity index (χ3v) is 8.16. The van der Waals surface area contributed by atoms with E-state index in [9.17, 15) is 25.9 Å². The van der Waals surface area contributed by atoms with Crippen molar-refractivity contribution in [1.29, 1.82) is 0 Å². The Kier molecular flexibility index (Phi) is 5.92. The van der Waals surface area contributed by atoms with Gasteiger partial charge in [0.1, 0.15) is 0 Å². The van der Waals surface area contributed by atoms with Gasteiger partial charge >= 0.3 is 0 Å². The Labute approximate surface area is 205 Å². The van der Waals surface area contributed by atoms with Gasteiger partial charge in [0.2, 0.25) is 0 Å². The molecule has 0 amide bonds. The van der Waals surface area contributed by atoms with Crippen molar-refractivity contribution in [3.05, 3.63) is 83.6 Å². The Balaban J connectivity index is 1.52. The van der Waals surface area contributed by atoms with Crippen LogP contribution in [0.1, 0.15) is 38.8 Å². The second kappa shape index (κ2) is 8.27. The number of hydrogen-bond acceptors (Lipinski definition) is 6. The second-order valence-corrected chi connectivity index (χ2v) is 12.4. The summed E-state index contributed by atoms with van der Waals surface area (Å²) in [7, 11) is -8.59. The van der Waals surface area contributed by atoms with Gasteiger partial charge in [0, 0.05) is 22.2 Å². The maximum absolute atomic E-state index is 11.5. The molecule has 2 aromatic rings. The third kappa shape index (κ3) is 4.62. The van der Waals surface area contributed by atoms with Crippen molar-refractivity contribution in [2.24, 2.45) is 4.99 Å². The first kappa shape index (κ1) is 25.1. The predicted molar refractivity (Wildman–Crippen MR) is 136 cm³/mol. The topological polar surface area (TPSA) is 133 Å². The normalized spacial score (nSPS) is 19.7. The van der Waals surface area contributed by atoms with Crippen molar-refractivity contribution in [1.82, 2.24) is 0 Å². The largest absolute Gasteiger partial charge is 0.358 e. The van der Waals surface area contributed by atoms with Crippen LogP contribution in [0, 0.1) is 0 Å². The van der Waals surface area contributed by atoms with E-state index in [2.05, 4.69) is 10.3 Å². The molecule has 4 rings (SSSR count). The van der Waals surface area contributed by atoms with Crippen LogP contribution in [0.4, 0.5) is 11.4 Å². The molecule has 0 saturated heterocycles. The minimum Gasteiger partial charge on any atom is -0.358 e. The number of hydrogen-bond donors (Lipinski definition) is 3. The highest BCUT2D eigenvalue weighted by atomic mass is 32.2. The fourth-order valence-electron chi connectivity index (χ4n) is 4.30. The highest BCUT2D eigenvalue weighted by Gasteiger charge is 2.36. The van der Waals surface area contributed by atoms with Crippen LogP contribution in [0.2, 0.25) is 0 Å². The van der Waals surface area contributed by atoms with Gasteiger partial charge in [0.05, 0.1) is 21.2 Å². The zero-order valence-electron chi connectivity index (χ0n) is 19.6. The molecule has 0 aliphatic carbocycles. The average molecular weight is 515 g/mol. The molecule has 2 aromatic carbocycles. The van der Waals surface area contributed by atoms with Crippen LogP contribution in [0.5, 0.6) is 0 Å². The molecule has 2 heterocycles. The van der Waals surface area contributed by atoms with Gasteiger partial charge in [0.25, 0.3) is 20.2 Å². The lowest BCUT2D eigenvalue weighted by Gasteiger charge is -2.20. The molecule has 35 heavy (non-hydrogen) atoms. The molecule has 10 heteroatoms. The van der Waals surface area contributed by atoms with Crippen molar-refractivity contribution in [2.45, 2.75) is 48.3 Å². The number of nitrogens with one attached hydrogen (secondary N) is 1. The van der Waals surface area contributed by atoms with Crippen LogP contribution >= 0.6 is 0 Å². The summed E-state index contributed by atoms with van der Waals surface area (Å²) in [5.41, 5.74) is 3.52. The minimum atomic E-state index is -4.30. The lowest BCUT2D eigenvalue weighted by molar-refractivity contribution is 0.480. The zero-order valence-corrected chi connectivity index (χ0v) is 21.3. The Hall–Kier alpha value is -3.05. The number of nitrogens with zero attached hydrogens (tertiary/aromatic N) is 1. The number of fused-ring (bicyclic) bond motifs is 2. The first-order chi connectivity index (χ1) is 16.1. The lowest BCUT2D eigenvalue weighted by Crippen LogP contribution is -2.24. The summed E-state index contributed by atoms with van der Waals surface area (Å²) in [5.74, 6) is 0. The fourth-order valence-corrected chi connectivity index (χ4v) is 5.31. The van der Waals surface area contributed by atoms with E-state index >= 15 is 0 Å². The van der Waals surface area contributed by atoms with Crippen LogP contribution in [0.3, 0.4) is 0 Å². The van der Waals surface area contributed by atoms with Crippen LogP contribution in [-0.2, 0) is 31.1 Å². The van der Waals surface area contributed by atoms with E-state index in [0.717, 1.165) is 28.2 Å². The Morgan fingerprint density at radius 1 is 0.800 bits per heavy atom. The summed E-state index contributed by atoms with van der Waals surface area (Å²) in [4.78, 5) is 4.30. The molecule has 0 radical (unpaired) electrons. The highest BCUT2D eigenvalue weighted by Crippen LogP contribution is 2.44. The van der Waals surface area contributed by atoms with E-state index in [4.69, 9.17) is 0 Å². The standard InChI is InChI=1S/C25H26N2O6S2/c1-24(2)18-14-16(34(28,29)30)10-12-20(18)26-22(24)8-6-5-7-9-23-25(3,4)19-15-17(35(31,32)33)11-13-21(19)27-23/h5-15,26H,1-4H3,(H,28,29,30)(H,31,32,33)/b6-5+,9-7+,22-8+. The van der Waals surface area contributed by atoms with Crippen LogP contribution in [-0.4, -0.2) is 31.7 Å². The summed E-state index contributed by atoms with van der Waals surface area (Å²) in [6.45, 7) is 7.79. The molecule has 0 bridgehead atoms. The van der Waals surface area contributed by atoms with Gasteiger partial charge in [-0.2, -0.15) is 16.8 Å². The molecule has 184 valence electrons. The molecular weight excluding hydrogens is 488 g/mol. The third-order valence-electron chi connectivity index (χ3n) is 6.46. The SMILES string of the molecule is CC1(C)C(/C=C/C=C/C=C2/Nc3ccc(S(=O)(=O)O)cc3C2(C)C)=Nc2ccc(S(=O)(=O)O)cc21. The van der Waals surface area contributed by atoms with Gasteiger partial charge < -0.3 is 5.32 Å². The van der Waals surface area contributed by atoms with E-state index in [0.29, 0.717) is 5.69 Å². The Morgan fingerprint density at radius 2 is 1.40 bits per heavy atom. The molecule has 0 unspecified atom stereocenters. The van der Waals surface area contributed by atoms with Gasteiger partial charge in [-0.3, -0.25) is 14.1 Å². The van der Waals surface area contributed by atoms with Crippen molar-refractivity contribution in [3.8, 4) is 0 Å². The minimum absolute atomic E-state index is 0.143. The predicted octanol–water partition coefficient (Wildman–Crippen LogP) is 4.94. The number of allylic oxidation sites excluding steroid dienone is 6. The highest BCUT2D eigenvalue weighted by molar-refractivity contribution is 7.86. The summed E-state index contributed by atoms with van der Waals surface area (Å²) in [6, 6.07) is 8.84. The second-order valence-electron chi connectivity index (χ2n) is 9.53. The Bertz CT molecular complexity index is 1560. The molecule has 0 spiro atoms. The number of benzene rings is 2. The van der Waals surface area contributed by atoms with Crippen LogP contribution in [0.25, 0.3) is 0 Å². The monoisotopic (exact) mass is 514 g/mol. The van der Waals surface area contributed by atoms with Crippen molar-refractivity contribution < 1.29 is 25.9 Å². The van der Waals surface area contributed by atoms with Crippen LogP contribution < -0.4 is 5.32 Å². The van der Waals surface area contributed by atoms with Gasteiger partial charge in [0.15, 0.2) is 0 Å². The van der Waals surface area contributed by atoms with E-state index in [1.165, 1.54) is 24.3 Å². The molecule has 3 N–H and O–H groups in total. The number of aliphatic imine (C=N–C) groups is 1. The summed E-state index contributed by atoms with van der Waals surface area (Å²) in [6.07, 6.45) is 9.26. The molecule has 2 aliphatic rings. The molecule has 0 fully saturated rings. The van der Waals surface area contributed by atoms with E-state index < -0.39 is 31.1 Å². The molecule has 2 aliphatic heterocycles. The van der Waals surface area contributed by atoms with Gasteiger partial charge in [-0.1, -0.05) is 45.9 Å². The summed E-state index contributed by atoms with van der Waals surface area (Å²) in [5, 5.41) is 3.29. The van der Waals surface area contributed by atoms with Crippen molar-refractivity contribution in [2.75, 3.05) is 5.32 Å². The summed E-state index contributed by atoms with van der Waals surface area (Å²) < 4.78 is 64.7. The lowest BCUT2D eigenvalue weighted by atomic mass is 9.81. The van der Waals surface area contributed by atoms with Gasteiger partial charge in [-0.25, -0.2) is 0 Å². The zero-order chi connectivity index (χ0) is 25.8. The maximum Gasteiger partial charge on any atom is 0.294 e. The van der Waals surface area contributed by atoms with E-state index in [1.54, 1.807) is 12.1 Å². The number of anilines is 1. The quantitative estimate of drug-likeness (QED) is 0.380. The smallest absolute Gasteiger partial charge is 0.294 e. The van der Waals surface area contributed by atoms with Gasteiger partial charge in [-0.15, -0.1) is 0 Å². The fraction of sp³-hybridized carbons (Fsp3) is 0.240. The van der Waals surface area contributed by atoms with Crippen molar-refractivity contribution >= 4 is 37.3 Å². The molecular formula is C25H26N2O6S2. The Morgan fingerprint density at radius 3 is 2.03 bits per heavy atom. The van der Waals surface area contributed by atoms with E-state index in [-0.39, 0.29) is 9.79 Å². The van der Waals surface area contributed by atoms with Crippen molar-refractivity contribution in [3.63, 3.8) is 0 Å². The molecule has 0 atom stereocenters. The molecule has 0 saturated carbocycles. The van der Waals surface area contributed by atoms with Crippen LogP contribution in [0.15, 0.2) is 87.3 Å². The average Bonchev–Trinajstić information content (AvgIpc) is 3.15. The maximum atomic E-state index is 11.5. The molecule has 0 aromatic heterocycles. The first-order valence-corrected chi connectivity index (χ1v) is 13.7. The number of rotatable bonds is 5. The van der Waals surface area contributed by atoms with Gasteiger partial charge in [-0.05, 0) is 59.7 Å². The van der Waals surface area contributed by atoms with E-state index in [1.807, 2.05) is 58.1 Å². The first-order valence-electron chi connectivity index (χ1n) is 10.8. The molecule has 8 nitrogen and oxygen atoms in total.